The van der Waals surface area contributed by atoms with Crippen LogP contribution >= 0.6 is 0 Å². The number of hydrogen-bond donors (Lipinski definition) is 2. The summed E-state index contributed by atoms with van der Waals surface area (Å²) in [6.45, 7) is 0.799. The van der Waals surface area contributed by atoms with Crippen molar-refractivity contribution in [3.8, 4) is 0 Å². The Bertz CT molecular complexity index is 785. The van der Waals surface area contributed by atoms with Crippen LogP contribution in [0.2, 0.25) is 0 Å². The number of esters is 1. The van der Waals surface area contributed by atoms with E-state index in [2.05, 4.69) is 20.4 Å². The van der Waals surface area contributed by atoms with E-state index in [4.69, 9.17) is 0 Å². The number of carbonyl (C=O) groups is 1. The van der Waals surface area contributed by atoms with Gasteiger partial charge in [0, 0.05) is 20.1 Å². The number of aliphatic imine (C=N–C) groups is 1. The van der Waals surface area contributed by atoms with Gasteiger partial charge in [0.25, 0.3) is 0 Å². The maximum absolute atomic E-state index is 12.6. The minimum atomic E-state index is -4.34. The molecule has 0 heterocycles. The summed E-state index contributed by atoms with van der Waals surface area (Å²) in [7, 11) is 2.92. The first-order valence-electron chi connectivity index (χ1n) is 8.11. The molecule has 5 nitrogen and oxygen atoms in total. The van der Waals surface area contributed by atoms with Crippen LogP contribution < -0.4 is 10.6 Å². The summed E-state index contributed by atoms with van der Waals surface area (Å²) in [6, 6.07) is 11.9. The monoisotopic (exact) mass is 379 g/mol. The molecule has 0 atom stereocenters. The van der Waals surface area contributed by atoms with Gasteiger partial charge in [0.15, 0.2) is 5.96 Å². The van der Waals surface area contributed by atoms with Crippen LogP contribution in [0.5, 0.6) is 0 Å². The molecule has 2 N–H and O–H groups in total. The van der Waals surface area contributed by atoms with Crippen molar-refractivity contribution in [2.75, 3.05) is 14.2 Å². The Hall–Kier alpha value is -3.03. The van der Waals surface area contributed by atoms with Crippen molar-refractivity contribution < 1.29 is 22.7 Å². The number of nitrogens with one attached hydrogen (secondary N) is 2. The summed E-state index contributed by atoms with van der Waals surface area (Å²) in [6.07, 6.45) is -4.34. The van der Waals surface area contributed by atoms with E-state index in [1.165, 1.54) is 19.2 Å². The highest BCUT2D eigenvalue weighted by Crippen LogP contribution is 2.29. The molecule has 0 radical (unpaired) electrons. The molecule has 2 aromatic carbocycles. The molecule has 2 aromatic rings. The topological polar surface area (TPSA) is 62.7 Å². The molecule has 0 unspecified atom stereocenters. The second-order valence-electron chi connectivity index (χ2n) is 5.66. The fraction of sp³-hybridized carbons (Fsp3) is 0.263. The molecule has 0 aliphatic carbocycles. The summed E-state index contributed by atoms with van der Waals surface area (Å²) in [5.74, 6) is 0.107. The standard InChI is InChI=1S/C19H20F3N3O2/c1-23-18(24-11-13-3-7-15(8-4-13)17(26)27-2)25-12-14-5-9-16(10-6-14)19(20,21)22/h3-10H,11-12H2,1-2H3,(H2,23,24,25). The largest absolute Gasteiger partial charge is 0.465 e. The van der Waals surface area contributed by atoms with Crippen LogP contribution in [0.1, 0.15) is 27.0 Å². The van der Waals surface area contributed by atoms with Gasteiger partial charge in [-0.2, -0.15) is 13.2 Å². The molecule has 0 spiro atoms. The molecule has 0 amide bonds. The summed E-state index contributed by atoms with van der Waals surface area (Å²) in [5.41, 5.74) is 1.42. The van der Waals surface area contributed by atoms with E-state index in [9.17, 15) is 18.0 Å². The van der Waals surface area contributed by atoms with Crippen LogP contribution in [-0.2, 0) is 24.0 Å². The smallest absolute Gasteiger partial charge is 0.416 e. The van der Waals surface area contributed by atoms with Gasteiger partial charge < -0.3 is 15.4 Å². The van der Waals surface area contributed by atoms with E-state index < -0.39 is 17.7 Å². The predicted octanol–water partition coefficient (Wildman–Crippen LogP) is 3.36. The first-order chi connectivity index (χ1) is 12.8. The molecule has 27 heavy (non-hydrogen) atoms. The van der Waals surface area contributed by atoms with Crippen molar-refractivity contribution in [1.29, 1.82) is 0 Å². The Balaban J connectivity index is 1.86. The quantitative estimate of drug-likeness (QED) is 0.475. The predicted molar refractivity (Wildman–Crippen MR) is 96.3 cm³/mol. The third kappa shape index (κ3) is 6.02. The lowest BCUT2D eigenvalue weighted by Gasteiger charge is -2.13. The minimum absolute atomic E-state index is 0.332. The Morgan fingerprint density at radius 3 is 1.85 bits per heavy atom. The Labute approximate surface area is 155 Å². The second kappa shape index (κ2) is 9.07. The number of methoxy groups -OCH3 is 1. The van der Waals surface area contributed by atoms with Gasteiger partial charge in [0.2, 0.25) is 0 Å². The van der Waals surface area contributed by atoms with Gasteiger partial charge in [-0.3, -0.25) is 4.99 Å². The van der Waals surface area contributed by atoms with Crippen LogP contribution in [0.25, 0.3) is 0 Å². The average molecular weight is 379 g/mol. The van der Waals surface area contributed by atoms with Crippen LogP contribution in [-0.4, -0.2) is 26.1 Å². The van der Waals surface area contributed by atoms with Crippen LogP contribution in [0, 0.1) is 0 Å². The van der Waals surface area contributed by atoms with Crippen molar-refractivity contribution in [2.24, 2.45) is 4.99 Å². The lowest BCUT2D eigenvalue weighted by atomic mass is 10.1. The van der Waals surface area contributed by atoms with Gasteiger partial charge in [-0.25, -0.2) is 4.79 Å². The molecule has 0 aromatic heterocycles. The Morgan fingerprint density at radius 1 is 0.963 bits per heavy atom. The van der Waals surface area contributed by atoms with E-state index in [0.29, 0.717) is 30.2 Å². The molecule has 0 aliphatic rings. The van der Waals surface area contributed by atoms with Gasteiger partial charge >= 0.3 is 12.1 Å². The lowest BCUT2D eigenvalue weighted by Crippen LogP contribution is -2.36. The van der Waals surface area contributed by atoms with Crippen LogP contribution in [0.3, 0.4) is 0 Å². The number of ether oxygens (including phenoxy) is 1. The average Bonchev–Trinajstić information content (AvgIpc) is 2.67. The normalized spacial score (nSPS) is 11.8. The maximum Gasteiger partial charge on any atom is 0.416 e. The molecular weight excluding hydrogens is 359 g/mol. The van der Waals surface area contributed by atoms with Crippen molar-refractivity contribution >= 4 is 11.9 Å². The zero-order valence-electron chi connectivity index (χ0n) is 14.9. The van der Waals surface area contributed by atoms with Gasteiger partial charge in [-0.05, 0) is 35.4 Å². The first-order valence-corrected chi connectivity index (χ1v) is 8.11. The van der Waals surface area contributed by atoms with E-state index >= 15 is 0 Å². The highest BCUT2D eigenvalue weighted by atomic mass is 19.4. The fourth-order valence-electron chi connectivity index (χ4n) is 2.28. The van der Waals surface area contributed by atoms with Gasteiger partial charge in [0.05, 0.1) is 18.2 Å². The summed E-state index contributed by atoms with van der Waals surface area (Å²) in [4.78, 5) is 15.5. The molecule has 0 saturated heterocycles. The SMILES string of the molecule is CN=C(NCc1ccc(C(=O)OC)cc1)NCc1ccc(C(F)(F)F)cc1. The zero-order valence-corrected chi connectivity index (χ0v) is 14.9. The number of alkyl halides is 3. The van der Waals surface area contributed by atoms with Crippen LogP contribution in [0.4, 0.5) is 13.2 Å². The third-order valence-corrected chi connectivity index (χ3v) is 3.80. The van der Waals surface area contributed by atoms with Gasteiger partial charge in [-0.1, -0.05) is 24.3 Å². The molecular formula is C19H20F3N3O2. The molecule has 0 saturated carbocycles. The number of carbonyl (C=O) groups excluding carboxylic acids is 1. The number of rotatable bonds is 5. The summed E-state index contributed by atoms with van der Waals surface area (Å²) < 4.78 is 42.4. The van der Waals surface area contributed by atoms with Gasteiger partial charge in [0.1, 0.15) is 0 Å². The summed E-state index contributed by atoms with van der Waals surface area (Å²) >= 11 is 0. The van der Waals surface area contributed by atoms with E-state index in [1.807, 2.05) is 0 Å². The number of halogens is 3. The number of guanidine groups is 1. The van der Waals surface area contributed by atoms with Crippen LogP contribution in [0.15, 0.2) is 53.5 Å². The highest BCUT2D eigenvalue weighted by molar-refractivity contribution is 5.89. The van der Waals surface area contributed by atoms with Crippen molar-refractivity contribution in [3.05, 3.63) is 70.8 Å². The molecule has 0 fully saturated rings. The molecule has 0 bridgehead atoms. The number of nitrogens with zero attached hydrogens (tertiary/aromatic N) is 1. The maximum atomic E-state index is 12.6. The fourth-order valence-corrected chi connectivity index (χ4v) is 2.28. The van der Waals surface area contributed by atoms with E-state index in [0.717, 1.165) is 17.7 Å². The Morgan fingerprint density at radius 2 is 1.44 bits per heavy atom. The number of benzene rings is 2. The van der Waals surface area contributed by atoms with Crippen molar-refractivity contribution in [2.45, 2.75) is 19.3 Å². The lowest BCUT2D eigenvalue weighted by molar-refractivity contribution is -0.137. The third-order valence-electron chi connectivity index (χ3n) is 3.80. The van der Waals surface area contributed by atoms with Gasteiger partial charge in [-0.15, -0.1) is 0 Å². The summed E-state index contributed by atoms with van der Waals surface area (Å²) in [5, 5.41) is 6.13. The minimum Gasteiger partial charge on any atom is -0.465 e. The molecule has 0 aliphatic heterocycles. The Kier molecular flexibility index (Phi) is 6.81. The highest BCUT2D eigenvalue weighted by Gasteiger charge is 2.29. The first kappa shape index (κ1) is 20.3. The number of hydrogen-bond acceptors (Lipinski definition) is 3. The molecule has 8 heteroatoms. The van der Waals surface area contributed by atoms with Crippen molar-refractivity contribution in [1.82, 2.24) is 10.6 Å². The zero-order chi connectivity index (χ0) is 19.9. The molecule has 144 valence electrons. The second-order valence-corrected chi connectivity index (χ2v) is 5.66. The van der Waals surface area contributed by atoms with E-state index in [-0.39, 0.29) is 0 Å². The molecule has 2 rings (SSSR count). The van der Waals surface area contributed by atoms with E-state index in [1.54, 1.807) is 31.3 Å². The van der Waals surface area contributed by atoms with Crippen molar-refractivity contribution in [3.63, 3.8) is 0 Å².